The molecule has 17 heavy (non-hydrogen) atoms. The second kappa shape index (κ2) is 4.89. The number of rotatable bonds is 6. The lowest BCUT2D eigenvalue weighted by Crippen LogP contribution is -2.38. The molecule has 3 rings (SSSR count). The van der Waals surface area contributed by atoms with Gasteiger partial charge in [0.25, 0.3) is 0 Å². The second-order valence-corrected chi connectivity index (χ2v) is 6.91. The minimum absolute atomic E-state index is 0.641. The van der Waals surface area contributed by atoms with E-state index in [0.717, 1.165) is 23.8 Å². The van der Waals surface area contributed by atoms with Gasteiger partial charge in [-0.25, -0.2) is 0 Å². The molecular formula is C15H28N2. The molecule has 0 bridgehead atoms. The molecule has 1 heterocycles. The summed E-state index contributed by atoms with van der Waals surface area (Å²) >= 11 is 0. The van der Waals surface area contributed by atoms with Crippen LogP contribution in [-0.4, -0.2) is 36.6 Å². The summed E-state index contributed by atoms with van der Waals surface area (Å²) in [6.45, 7) is 8.57. The Morgan fingerprint density at radius 1 is 1.06 bits per heavy atom. The van der Waals surface area contributed by atoms with Crippen molar-refractivity contribution in [3.05, 3.63) is 0 Å². The number of likely N-dealkylation sites (tertiary alicyclic amines) is 1. The number of nitrogens with zero attached hydrogens (tertiary/aromatic N) is 1. The maximum Gasteiger partial charge on any atom is 0.0209 e. The van der Waals surface area contributed by atoms with Gasteiger partial charge in [0.2, 0.25) is 0 Å². The lowest BCUT2D eigenvalue weighted by Gasteiger charge is -2.24. The molecule has 2 aliphatic carbocycles. The SMILES string of the molecule is CC(C)NC1CCN(CC(C2CC2)C2CC2)C1. The van der Waals surface area contributed by atoms with E-state index < -0.39 is 0 Å². The molecular weight excluding hydrogens is 208 g/mol. The summed E-state index contributed by atoms with van der Waals surface area (Å²) in [5.41, 5.74) is 0. The van der Waals surface area contributed by atoms with Crippen LogP contribution in [0.5, 0.6) is 0 Å². The zero-order chi connectivity index (χ0) is 11.8. The molecule has 1 aliphatic heterocycles. The highest BCUT2D eigenvalue weighted by Crippen LogP contribution is 2.49. The van der Waals surface area contributed by atoms with Crippen molar-refractivity contribution in [2.75, 3.05) is 19.6 Å². The topological polar surface area (TPSA) is 15.3 Å². The molecule has 3 fully saturated rings. The summed E-state index contributed by atoms with van der Waals surface area (Å²) < 4.78 is 0. The van der Waals surface area contributed by atoms with Crippen molar-refractivity contribution >= 4 is 0 Å². The Bertz CT molecular complexity index is 244. The first-order valence-electron chi connectivity index (χ1n) is 7.71. The van der Waals surface area contributed by atoms with Gasteiger partial charge in [-0.1, -0.05) is 13.8 Å². The summed E-state index contributed by atoms with van der Waals surface area (Å²) in [5, 5.41) is 3.69. The van der Waals surface area contributed by atoms with Gasteiger partial charge < -0.3 is 10.2 Å². The largest absolute Gasteiger partial charge is 0.310 e. The Labute approximate surface area is 106 Å². The molecule has 2 saturated carbocycles. The van der Waals surface area contributed by atoms with E-state index in [4.69, 9.17) is 0 Å². The van der Waals surface area contributed by atoms with Crippen LogP contribution in [-0.2, 0) is 0 Å². The van der Waals surface area contributed by atoms with Gasteiger partial charge in [-0.3, -0.25) is 0 Å². The first kappa shape index (κ1) is 12.0. The van der Waals surface area contributed by atoms with Crippen molar-refractivity contribution < 1.29 is 0 Å². The molecule has 1 N–H and O–H groups in total. The van der Waals surface area contributed by atoms with Crippen LogP contribution in [0.1, 0.15) is 46.0 Å². The van der Waals surface area contributed by atoms with E-state index in [9.17, 15) is 0 Å². The predicted octanol–water partition coefficient (Wildman–Crippen LogP) is 2.49. The van der Waals surface area contributed by atoms with Gasteiger partial charge in [0, 0.05) is 25.2 Å². The minimum atomic E-state index is 0.641. The molecule has 0 aromatic carbocycles. The first-order valence-corrected chi connectivity index (χ1v) is 7.71. The fraction of sp³-hybridized carbons (Fsp3) is 1.00. The molecule has 0 radical (unpaired) electrons. The van der Waals surface area contributed by atoms with Gasteiger partial charge in [-0.15, -0.1) is 0 Å². The zero-order valence-corrected chi connectivity index (χ0v) is 11.5. The van der Waals surface area contributed by atoms with Gasteiger partial charge in [0.15, 0.2) is 0 Å². The van der Waals surface area contributed by atoms with Crippen molar-refractivity contribution in [3.8, 4) is 0 Å². The van der Waals surface area contributed by atoms with Gasteiger partial charge in [0.05, 0.1) is 0 Å². The summed E-state index contributed by atoms with van der Waals surface area (Å²) in [5.74, 6) is 3.28. The van der Waals surface area contributed by atoms with Crippen LogP contribution in [0.15, 0.2) is 0 Å². The zero-order valence-electron chi connectivity index (χ0n) is 11.5. The molecule has 2 heteroatoms. The third-order valence-corrected chi connectivity index (χ3v) is 4.77. The predicted molar refractivity (Wildman–Crippen MR) is 72.1 cm³/mol. The van der Waals surface area contributed by atoms with Gasteiger partial charge in [0.1, 0.15) is 0 Å². The van der Waals surface area contributed by atoms with Crippen LogP contribution < -0.4 is 5.32 Å². The third kappa shape index (κ3) is 3.23. The summed E-state index contributed by atoms with van der Waals surface area (Å²) in [7, 11) is 0. The average Bonchev–Trinajstić information content (AvgIpc) is 3.16. The van der Waals surface area contributed by atoms with Gasteiger partial charge >= 0.3 is 0 Å². The van der Waals surface area contributed by atoms with Gasteiger partial charge in [-0.2, -0.15) is 0 Å². The summed E-state index contributed by atoms with van der Waals surface area (Å²) in [4.78, 5) is 2.74. The smallest absolute Gasteiger partial charge is 0.0209 e. The summed E-state index contributed by atoms with van der Waals surface area (Å²) in [6, 6.07) is 1.40. The highest BCUT2D eigenvalue weighted by atomic mass is 15.2. The molecule has 0 aromatic rings. The Kier molecular flexibility index (Phi) is 3.45. The fourth-order valence-corrected chi connectivity index (χ4v) is 3.64. The van der Waals surface area contributed by atoms with Crippen LogP contribution >= 0.6 is 0 Å². The van der Waals surface area contributed by atoms with E-state index in [1.165, 1.54) is 51.7 Å². The first-order chi connectivity index (χ1) is 8.22. The van der Waals surface area contributed by atoms with E-state index in [1.807, 2.05) is 0 Å². The molecule has 1 unspecified atom stereocenters. The molecule has 1 saturated heterocycles. The molecule has 0 amide bonds. The minimum Gasteiger partial charge on any atom is -0.310 e. The van der Waals surface area contributed by atoms with Crippen molar-refractivity contribution in [2.45, 2.75) is 58.0 Å². The van der Waals surface area contributed by atoms with Crippen LogP contribution in [0.25, 0.3) is 0 Å². The van der Waals surface area contributed by atoms with Crippen LogP contribution in [0.3, 0.4) is 0 Å². The highest BCUT2D eigenvalue weighted by molar-refractivity contribution is 4.94. The highest BCUT2D eigenvalue weighted by Gasteiger charge is 2.42. The molecule has 0 spiro atoms. The molecule has 3 aliphatic rings. The van der Waals surface area contributed by atoms with Crippen LogP contribution in [0.2, 0.25) is 0 Å². The van der Waals surface area contributed by atoms with E-state index >= 15 is 0 Å². The van der Waals surface area contributed by atoms with Crippen LogP contribution in [0, 0.1) is 17.8 Å². The Morgan fingerprint density at radius 2 is 1.71 bits per heavy atom. The normalized spacial score (nSPS) is 30.7. The molecule has 2 nitrogen and oxygen atoms in total. The van der Waals surface area contributed by atoms with Crippen molar-refractivity contribution in [1.29, 1.82) is 0 Å². The van der Waals surface area contributed by atoms with E-state index in [-0.39, 0.29) is 0 Å². The van der Waals surface area contributed by atoms with Crippen molar-refractivity contribution in [1.82, 2.24) is 10.2 Å². The summed E-state index contributed by atoms with van der Waals surface area (Å²) in [6.07, 6.45) is 7.48. The van der Waals surface area contributed by atoms with Crippen molar-refractivity contribution in [2.24, 2.45) is 17.8 Å². The molecule has 0 aromatic heterocycles. The average molecular weight is 236 g/mol. The standard InChI is InChI=1S/C15H28N2/c1-11(2)16-14-7-8-17(9-14)10-15(12-3-4-12)13-5-6-13/h11-16H,3-10H2,1-2H3. The Morgan fingerprint density at radius 3 is 2.24 bits per heavy atom. The Hall–Kier alpha value is -0.0800. The van der Waals surface area contributed by atoms with E-state index in [1.54, 1.807) is 0 Å². The fourth-order valence-electron chi connectivity index (χ4n) is 3.64. The molecule has 98 valence electrons. The molecule has 1 atom stereocenters. The third-order valence-electron chi connectivity index (χ3n) is 4.77. The van der Waals surface area contributed by atoms with Gasteiger partial charge in [-0.05, 0) is 56.4 Å². The number of hydrogen-bond acceptors (Lipinski definition) is 2. The lowest BCUT2D eigenvalue weighted by molar-refractivity contribution is 0.234. The number of hydrogen-bond donors (Lipinski definition) is 1. The Balaban J connectivity index is 1.45. The van der Waals surface area contributed by atoms with E-state index in [0.29, 0.717) is 6.04 Å². The number of nitrogens with one attached hydrogen (secondary N) is 1. The second-order valence-electron chi connectivity index (χ2n) is 6.91. The lowest BCUT2D eigenvalue weighted by atomic mass is 9.97. The monoisotopic (exact) mass is 236 g/mol. The quantitative estimate of drug-likeness (QED) is 0.762. The van der Waals surface area contributed by atoms with Crippen molar-refractivity contribution in [3.63, 3.8) is 0 Å². The maximum absolute atomic E-state index is 3.69. The maximum atomic E-state index is 3.69. The van der Waals surface area contributed by atoms with Crippen LogP contribution in [0.4, 0.5) is 0 Å². The van der Waals surface area contributed by atoms with E-state index in [2.05, 4.69) is 24.1 Å².